The Hall–Kier alpha value is -4.08. The normalized spacial score (nSPS) is 14.1. The van der Waals surface area contributed by atoms with Gasteiger partial charge in [-0.3, -0.25) is 0 Å². The quantitative estimate of drug-likeness (QED) is 0.458. The molecular formula is C25H30N2O8. The lowest BCUT2D eigenvalue weighted by atomic mass is 10.0. The topological polar surface area (TPSA) is 120 Å². The maximum atomic E-state index is 12.6. The van der Waals surface area contributed by atoms with E-state index in [1.54, 1.807) is 63.4 Å². The van der Waals surface area contributed by atoms with Gasteiger partial charge in [0.25, 0.3) is 0 Å². The number of hydrogen-bond acceptors (Lipinski definition) is 9. The van der Waals surface area contributed by atoms with E-state index in [1.165, 1.54) is 32.3 Å². The Kier molecular flexibility index (Phi) is 9.21. The number of rotatable bonds is 7. The number of amides is 1. The highest BCUT2D eigenvalue weighted by atomic mass is 16.6. The van der Waals surface area contributed by atoms with Gasteiger partial charge in [0.2, 0.25) is 0 Å². The lowest BCUT2D eigenvalue weighted by molar-refractivity contribution is -0.143. The van der Waals surface area contributed by atoms with Crippen molar-refractivity contribution in [1.82, 2.24) is 5.32 Å². The Bertz CT molecular complexity index is 1050. The molecule has 0 bridgehead atoms. The zero-order valence-electron chi connectivity index (χ0n) is 20.6. The maximum absolute atomic E-state index is 12.6. The van der Waals surface area contributed by atoms with Gasteiger partial charge in [0, 0.05) is 18.3 Å². The van der Waals surface area contributed by atoms with Gasteiger partial charge in [-0.25, -0.2) is 19.2 Å². The molecule has 2 rings (SSSR count). The van der Waals surface area contributed by atoms with E-state index in [4.69, 9.17) is 18.9 Å². The standard InChI is InChI=1S/C25H30N2O8/c1-25(2,3)35-24(31)26-19(22(29)33-5)15-16-10-12-17(13-11-16)27-14-8-7-9-18(21(28)32-4)20(27)23(30)34-6/h7-14,19H,15H2,1-6H3,(H,26,31). The third-order valence-corrected chi connectivity index (χ3v) is 4.72. The SMILES string of the molecule is COC(=O)C1=C(C(=O)OC)N(c2ccc(CC(NC(=O)OC(C)(C)C)C(=O)OC)cc2)C=CC=C1. The van der Waals surface area contributed by atoms with E-state index >= 15 is 0 Å². The van der Waals surface area contributed by atoms with E-state index in [9.17, 15) is 19.2 Å². The highest BCUT2D eigenvalue weighted by molar-refractivity contribution is 6.05. The first-order valence-corrected chi connectivity index (χ1v) is 10.7. The predicted octanol–water partition coefficient (Wildman–Crippen LogP) is 2.79. The first-order valence-electron chi connectivity index (χ1n) is 10.7. The van der Waals surface area contributed by atoms with Crippen LogP contribution >= 0.6 is 0 Å². The van der Waals surface area contributed by atoms with Crippen molar-refractivity contribution in [3.05, 3.63) is 65.5 Å². The van der Waals surface area contributed by atoms with Crippen LogP contribution in [0.2, 0.25) is 0 Å². The average Bonchev–Trinajstić information content (AvgIpc) is 3.04. The number of nitrogens with zero attached hydrogens (tertiary/aromatic N) is 1. The van der Waals surface area contributed by atoms with Gasteiger partial charge in [0.15, 0.2) is 0 Å². The second-order valence-corrected chi connectivity index (χ2v) is 8.41. The number of ether oxygens (including phenoxy) is 4. The van der Waals surface area contributed by atoms with Crippen molar-refractivity contribution in [3.63, 3.8) is 0 Å². The summed E-state index contributed by atoms with van der Waals surface area (Å²) >= 11 is 0. The molecule has 35 heavy (non-hydrogen) atoms. The van der Waals surface area contributed by atoms with Crippen LogP contribution in [0, 0.1) is 0 Å². The van der Waals surface area contributed by atoms with E-state index in [2.05, 4.69) is 5.32 Å². The minimum atomic E-state index is -0.973. The number of carbonyl (C=O) groups excluding carboxylic acids is 4. The molecule has 0 saturated heterocycles. The van der Waals surface area contributed by atoms with Crippen molar-refractivity contribution < 1.29 is 38.1 Å². The van der Waals surface area contributed by atoms with Crippen molar-refractivity contribution in [3.8, 4) is 0 Å². The molecule has 10 nitrogen and oxygen atoms in total. The van der Waals surface area contributed by atoms with Gasteiger partial charge in [0.1, 0.15) is 17.3 Å². The van der Waals surface area contributed by atoms with E-state index in [0.717, 1.165) is 0 Å². The smallest absolute Gasteiger partial charge is 0.408 e. The van der Waals surface area contributed by atoms with Gasteiger partial charge in [-0.15, -0.1) is 0 Å². The summed E-state index contributed by atoms with van der Waals surface area (Å²) in [7, 11) is 3.67. The van der Waals surface area contributed by atoms with Crippen LogP contribution in [-0.4, -0.2) is 57.0 Å². The van der Waals surface area contributed by atoms with Crippen molar-refractivity contribution in [2.45, 2.75) is 38.8 Å². The highest BCUT2D eigenvalue weighted by Crippen LogP contribution is 2.27. The zero-order chi connectivity index (χ0) is 26.2. The number of methoxy groups -OCH3 is 3. The van der Waals surface area contributed by atoms with Crippen LogP contribution in [0.3, 0.4) is 0 Å². The van der Waals surface area contributed by atoms with Crippen LogP contribution in [0.4, 0.5) is 10.5 Å². The lowest BCUT2D eigenvalue weighted by Crippen LogP contribution is -2.45. The van der Waals surface area contributed by atoms with E-state index in [-0.39, 0.29) is 17.7 Å². The molecule has 1 atom stereocenters. The summed E-state index contributed by atoms with van der Waals surface area (Å²) in [6.07, 6.45) is 5.73. The molecule has 1 heterocycles. The monoisotopic (exact) mass is 486 g/mol. The average molecular weight is 487 g/mol. The fraction of sp³-hybridized carbons (Fsp3) is 0.360. The fourth-order valence-corrected chi connectivity index (χ4v) is 3.18. The molecule has 1 aromatic carbocycles. The van der Waals surface area contributed by atoms with Crippen LogP contribution in [0.5, 0.6) is 0 Å². The molecule has 1 aliphatic heterocycles. The number of esters is 3. The molecule has 0 aliphatic carbocycles. The Morgan fingerprint density at radius 2 is 1.54 bits per heavy atom. The first-order chi connectivity index (χ1) is 16.5. The summed E-state index contributed by atoms with van der Waals surface area (Å²) in [5.74, 6) is -2.04. The Morgan fingerprint density at radius 3 is 2.09 bits per heavy atom. The molecule has 188 valence electrons. The summed E-state index contributed by atoms with van der Waals surface area (Å²) < 4.78 is 19.7. The molecule has 0 radical (unpaired) electrons. The third kappa shape index (κ3) is 7.46. The summed E-state index contributed by atoms with van der Waals surface area (Å²) in [5, 5.41) is 2.53. The van der Waals surface area contributed by atoms with Crippen molar-refractivity contribution >= 4 is 29.7 Å². The number of anilines is 1. The van der Waals surface area contributed by atoms with E-state index in [1.807, 2.05) is 0 Å². The van der Waals surface area contributed by atoms with Gasteiger partial charge in [-0.2, -0.15) is 0 Å². The number of nitrogens with one attached hydrogen (secondary N) is 1. The predicted molar refractivity (Wildman–Crippen MR) is 127 cm³/mol. The number of allylic oxidation sites excluding steroid dienone is 2. The van der Waals surface area contributed by atoms with Crippen LogP contribution < -0.4 is 10.2 Å². The number of carbonyl (C=O) groups is 4. The lowest BCUT2D eigenvalue weighted by Gasteiger charge is -2.24. The minimum Gasteiger partial charge on any atom is -0.467 e. The van der Waals surface area contributed by atoms with Gasteiger partial charge in [-0.05, 0) is 50.6 Å². The molecule has 1 aliphatic rings. The Labute approximate surface area is 204 Å². The molecule has 1 aromatic rings. The molecule has 1 unspecified atom stereocenters. The molecule has 10 heteroatoms. The van der Waals surface area contributed by atoms with Gasteiger partial charge in [0.05, 0.1) is 26.9 Å². The Balaban J connectivity index is 2.32. The summed E-state index contributed by atoms with van der Waals surface area (Å²) in [6.45, 7) is 5.15. The molecule has 1 amide bonds. The number of benzene rings is 1. The number of hydrogen-bond donors (Lipinski definition) is 1. The minimum absolute atomic E-state index is 0.0175. The summed E-state index contributed by atoms with van der Waals surface area (Å²) in [5.41, 5.74) is 0.534. The van der Waals surface area contributed by atoms with Crippen molar-refractivity contribution in [2.75, 3.05) is 26.2 Å². The third-order valence-electron chi connectivity index (χ3n) is 4.72. The van der Waals surface area contributed by atoms with Crippen LogP contribution in [0.15, 0.2) is 60.0 Å². The summed E-state index contributed by atoms with van der Waals surface area (Å²) in [6, 6.07) is 5.87. The zero-order valence-corrected chi connectivity index (χ0v) is 20.6. The fourth-order valence-electron chi connectivity index (χ4n) is 3.18. The molecule has 0 aromatic heterocycles. The van der Waals surface area contributed by atoms with Gasteiger partial charge >= 0.3 is 24.0 Å². The van der Waals surface area contributed by atoms with Gasteiger partial charge in [-0.1, -0.05) is 18.2 Å². The largest absolute Gasteiger partial charge is 0.467 e. The number of alkyl carbamates (subject to hydrolysis) is 1. The van der Waals surface area contributed by atoms with E-state index in [0.29, 0.717) is 11.3 Å². The molecular weight excluding hydrogens is 456 g/mol. The second-order valence-electron chi connectivity index (χ2n) is 8.41. The molecule has 1 N–H and O–H groups in total. The molecule has 0 spiro atoms. The van der Waals surface area contributed by atoms with Crippen molar-refractivity contribution in [1.29, 1.82) is 0 Å². The maximum Gasteiger partial charge on any atom is 0.408 e. The van der Waals surface area contributed by atoms with Crippen molar-refractivity contribution in [2.24, 2.45) is 0 Å². The van der Waals surface area contributed by atoms with Crippen LogP contribution in [0.1, 0.15) is 26.3 Å². The van der Waals surface area contributed by atoms with E-state index < -0.39 is 35.6 Å². The molecule has 0 saturated carbocycles. The second kappa shape index (κ2) is 11.9. The van der Waals surface area contributed by atoms with Crippen LogP contribution in [-0.2, 0) is 39.8 Å². The first kappa shape index (κ1) is 27.2. The molecule has 0 fully saturated rings. The Morgan fingerprint density at radius 1 is 0.914 bits per heavy atom. The summed E-state index contributed by atoms with van der Waals surface area (Å²) in [4.78, 5) is 50.7. The van der Waals surface area contributed by atoms with Gasteiger partial charge < -0.3 is 29.2 Å². The van der Waals surface area contributed by atoms with Crippen LogP contribution in [0.25, 0.3) is 0 Å². The highest BCUT2D eigenvalue weighted by Gasteiger charge is 2.28.